The minimum Gasteiger partial charge on any atom is -0.338 e. The van der Waals surface area contributed by atoms with E-state index in [1.807, 2.05) is 13.0 Å². The van der Waals surface area contributed by atoms with Gasteiger partial charge in [-0.1, -0.05) is 47.1 Å². The van der Waals surface area contributed by atoms with E-state index in [0.717, 1.165) is 50.3 Å². The second-order valence-corrected chi connectivity index (χ2v) is 8.00. The molecule has 0 saturated carbocycles. The SMILES string of the molecule is CCC.CCN(CC)CCCC(C)C(=O)N1CC=C(c2cncc(C(F)(F)F)c2)CC1. The van der Waals surface area contributed by atoms with E-state index < -0.39 is 11.7 Å². The van der Waals surface area contributed by atoms with Crippen LogP contribution in [-0.2, 0) is 11.0 Å². The Bertz CT molecular complexity index is 700. The molecule has 0 N–H and O–H groups in total. The lowest BCUT2D eigenvalue weighted by atomic mass is 9.98. The number of pyridine rings is 1. The predicted molar refractivity (Wildman–Crippen MR) is 121 cm³/mol. The van der Waals surface area contributed by atoms with Gasteiger partial charge in [-0.2, -0.15) is 13.2 Å². The summed E-state index contributed by atoms with van der Waals surface area (Å²) in [5.41, 5.74) is 0.553. The number of carbonyl (C=O) groups is 1. The molecule has 0 aromatic carbocycles. The third-order valence-corrected chi connectivity index (χ3v) is 5.38. The van der Waals surface area contributed by atoms with Crippen molar-refractivity contribution in [3.05, 3.63) is 35.7 Å². The lowest BCUT2D eigenvalue weighted by molar-refractivity contribution is -0.138. The van der Waals surface area contributed by atoms with Gasteiger partial charge in [-0.25, -0.2) is 0 Å². The average Bonchev–Trinajstić information content (AvgIpc) is 2.76. The maximum atomic E-state index is 12.9. The molecule has 0 radical (unpaired) electrons. The van der Waals surface area contributed by atoms with Crippen LogP contribution in [0.3, 0.4) is 0 Å². The summed E-state index contributed by atoms with van der Waals surface area (Å²) < 4.78 is 38.6. The summed E-state index contributed by atoms with van der Waals surface area (Å²) in [5.74, 6) is 0.0813. The van der Waals surface area contributed by atoms with Gasteiger partial charge in [-0.3, -0.25) is 9.78 Å². The van der Waals surface area contributed by atoms with Gasteiger partial charge in [0.2, 0.25) is 5.91 Å². The molecule has 176 valence electrons. The highest BCUT2D eigenvalue weighted by Crippen LogP contribution is 2.31. The standard InChI is InChI=1S/C21H30F3N3O.C3H8/c1-4-26(5-2)10-6-7-16(3)20(28)27-11-8-17(9-12-27)18-13-19(15-25-14-18)21(22,23)24;1-3-2/h8,13-16H,4-7,9-12H2,1-3H3;3H2,1-2H3. The van der Waals surface area contributed by atoms with Gasteiger partial charge in [0, 0.05) is 31.4 Å². The number of nitrogens with zero attached hydrogens (tertiary/aromatic N) is 3. The zero-order valence-electron chi connectivity index (χ0n) is 19.6. The molecule has 0 bridgehead atoms. The van der Waals surface area contributed by atoms with Crippen molar-refractivity contribution in [2.45, 2.75) is 66.5 Å². The van der Waals surface area contributed by atoms with Crippen molar-refractivity contribution in [1.29, 1.82) is 0 Å². The van der Waals surface area contributed by atoms with Gasteiger partial charge in [0.15, 0.2) is 0 Å². The zero-order valence-corrected chi connectivity index (χ0v) is 19.6. The van der Waals surface area contributed by atoms with Gasteiger partial charge in [0.05, 0.1) is 5.56 Å². The number of rotatable bonds is 8. The Morgan fingerprint density at radius 2 is 1.84 bits per heavy atom. The first kappa shape index (κ1) is 27.1. The van der Waals surface area contributed by atoms with Crippen molar-refractivity contribution in [3.63, 3.8) is 0 Å². The summed E-state index contributed by atoms with van der Waals surface area (Å²) in [4.78, 5) is 20.5. The molecule has 2 rings (SSSR count). The van der Waals surface area contributed by atoms with Crippen LogP contribution in [0.25, 0.3) is 5.57 Å². The Morgan fingerprint density at radius 1 is 1.19 bits per heavy atom. The second-order valence-electron chi connectivity index (χ2n) is 8.00. The van der Waals surface area contributed by atoms with Crippen molar-refractivity contribution in [2.75, 3.05) is 32.7 Å². The Labute approximate surface area is 185 Å². The number of halogens is 3. The van der Waals surface area contributed by atoms with Crippen LogP contribution in [0.1, 0.15) is 71.4 Å². The number of carbonyl (C=O) groups excluding carboxylic acids is 1. The van der Waals surface area contributed by atoms with Crippen LogP contribution in [0, 0.1) is 5.92 Å². The first-order chi connectivity index (χ1) is 14.7. The van der Waals surface area contributed by atoms with Crippen LogP contribution in [0.5, 0.6) is 0 Å². The topological polar surface area (TPSA) is 36.4 Å². The lowest BCUT2D eigenvalue weighted by Crippen LogP contribution is -2.38. The molecular weight excluding hydrogens is 403 g/mol. The van der Waals surface area contributed by atoms with Gasteiger partial charge < -0.3 is 9.80 Å². The molecule has 1 atom stereocenters. The van der Waals surface area contributed by atoms with Crippen LogP contribution in [0.15, 0.2) is 24.5 Å². The summed E-state index contributed by atoms with van der Waals surface area (Å²) in [7, 11) is 0. The van der Waals surface area contributed by atoms with E-state index in [1.165, 1.54) is 12.6 Å². The predicted octanol–water partition coefficient (Wildman–Crippen LogP) is 5.89. The molecule has 1 amide bonds. The molecule has 1 unspecified atom stereocenters. The third kappa shape index (κ3) is 9.01. The fourth-order valence-electron chi connectivity index (χ4n) is 3.50. The maximum absolute atomic E-state index is 12.9. The van der Waals surface area contributed by atoms with Crippen molar-refractivity contribution in [2.24, 2.45) is 5.92 Å². The van der Waals surface area contributed by atoms with E-state index in [1.54, 1.807) is 4.90 Å². The zero-order chi connectivity index (χ0) is 23.4. The van der Waals surface area contributed by atoms with Crippen LogP contribution in [0.2, 0.25) is 0 Å². The number of hydrogen-bond donors (Lipinski definition) is 0. The van der Waals surface area contributed by atoms with E-state index in [0.29, 0.717) is 25.1 Å². The van der Waals surface area contributed by atoms with Crippen LogP contribution < -0.4 is 0 Å². The molecule has 2 heterocycles. The van der Waals surface area contributed by atoms with Crippen molar-refractivity contribution < 1.29 is 18.0 Å². The number of aromatic nitrogens is 1. The van der Waals surface area contributed by atoms with Gasteiger partial charge in [-0.05, 0) is 56.1 Å². The van der Waals surface area contributed by atoms with Gasteiger partial charge in [0.25, 0.3) is 0 Å². The van der Waals surface area contributed by atoms with Crippen molar-refractivity contribution >= 4 is 11.5 Å². The van der Waals surface area contributed by atoms with Crippen molar-refractivity contribution in [1.82, 2.24) is 14.8 Å². The average molecular weight is 442 g/mol. The van der Waals surface area contributed by atoms with Gasteiger partial charge in [-0.15, -0.1) is 0 Å². The molecule has 0 fully saturated rings. The fraction of sp³-hybridized carbons (Fsp3) is 0.667. The molecule has 1 aromatic rings. The minimum absolute atomic E-state index is 0.0410. The smallest absolute Gasteiger partial charge is 0.338 e. The summed E-state index contributed by atoms with van der Waals surface area (Å²) in [5, 5.41) is 0. The van der Waals surface area contributed by atoms with E-state index in [2.05, 4.69) is 37.6 Å². The van der Waals surface area contributed by atoms with Crippen molar-refractivity contribution in [3.8, 4) is 0 Å². The maximum Gasteiger partial charge on any atom is 0.417 e. The monoisotopic (exact) mass is 441 g/mol. The van der Waals surface area contributed by atoms with Gasteiger partial charge in [0.1, 0.15) is 0 Å². The van der Waals surface area contributed by atoms with E-state index in [4.69, 9.17) is 0 Å². The number of alkyl halides is 3. The first-order valence-electron chi connectivity index (χ1n) is 11.4. The first-order valence-corrected chi connectivity index (χ1v) is 11.4. The summed E-state index contributed by atoms with van der Waals surface area (Å²) in [6.45, 7) is 14.5. The Hall–Kier alpha value is -1.89. The van der Waals surface area contributed by atoms with Crippen LogP contribution in [0.4, 0.5) is 13.2 Å². The Kier molecular flexibility index (Phi) is 11.8. The number of hydrogen-bond acceptors (Lipinski definition) is 3. The van der Waals surface area contributed by atoms with Crippen LogP contribution in [-0.4, -0.2) is 53.4 Å². The molecular formula is C24H38F3N3O. The minimum atomic E-state index is -4.40. The molecule has 7 heteroatoms. The molecule has 1 aliphatic rings. The van der Waals surface area contributed by atoms with Gasteiger partial charge >= 0.3 is 6.18 Å². The Balaban J connectivity index is 0.00000151. The molecule has 31 heavy (non-hydrogen) atoms. The largest absolute Gasteiger partial charge is 0.417 e. The lowest BCUT2D eigenvalue weighted by Gasteiger charge is -2.29. The molecule has 4 nitrogen and oxygen atoms in total. The number of amides is 1. The summed E-state index contributed by atoms with van der Waals surface area (Å²) in [6.07, 6.45) is 3.36. The summed E-state index contributed by atoms with van der Waals surface area (Å²) >= 11 is 0. The molecule has 0 spiro atoms. The fourth-order valence-corrected chi connectivity index (χ4v) is 3.50. The molecule has 0 aliphatic carbocycles. The van der Waals surface area contributed by atoms with E-state index >= 15 is 0 Å². The Morgan fingerprint density at radius 3 is 2.35 bits per heavy atom. The highest BCUT2D eigenvalue weighted by Gasteiger charge is 2.31. The highest BCUT2D eigenvalue weighted by atomic mass is 19.4. The van der Waals surface area contributed by atoms with E-state index in [-0.39, 0.29) is 11.8 Å². The molecule has 0 saturated heterocycles. The normalized spacial score (nSPS) is 15.3. The van der Waals surface area contributed by atoms with Crippen LogP contribution >= 0.6 is 0 Å². The second kappa shape index (κ2) is 13.5. The molecule has 1 aromatic heterocycles. The third-order valence-electron chi connectivity index (χ3n) is 5.38. The summed E-state index contributed by atoms with van der Waals surface area (Å²) in [6, 6.07) is 1.13. The highest BCUT2D eigenvalue weighted by molar-refractivity contribution is 5.80. The molecule has 1 aliphatic heterocycles. The quantitative estimate of drug-likeness (QED) is 0.505. The van der Waals surface area contributed by atoms with E-state index in [9.17, 15) is 18.0 Å².